The van der Waals surface area contributed by atoms with Gasteiger partial charge >= 0.3 is 0 Å². The van der Waals surface area contributed by atoms with E-state index in [1.165, 1.54) is 11.1 Å². The average Bonchev–Trinajstić information content (AvgIpc) is 2.45. The first-order chi connectivity index (χ1) is 9.61. The number of nitrogens with one attached hydrogen (secondary N) is 1. The molecule has 0 spiro atoms. The SMILES string of the molecule is CCc1ccccc1CNC(C)c1ccc(C)cc1O. The minimum absolute atomic E-state index is 0.125. The summed E-state index contributed by atoms with van der Waals surface area (Å²) in [7, 11) is 0. The van der Waals surface area contributed by atoms with Crippen LogP contribution >= 0.6 is 0 Å². The Morgan fingerprint density at radius 3 is 2.45 bits per heavy atom. The largest absolute Gasteiger partial charge is 0.508 e. The van der Waals surface area contributed by atoms with Gasteiger partial charge in [0.2, 0.25) is 0 Å². The van der Waals surface area contributed by atoms with Gasteiger partial charge in [-0.2, -0.15) is 0 Å². The Balaban J connectivity index is 2.06. The monoisotopic (exact) mass is 269 g/mol. The van der Waals surface area contributed by atoms with Crippen LogP contribution in [0.4, 0.5) is 0 Å². The van der Waals surface area contributed by atoms with Crippen molar-refractivity contribution >= 4 is 0 Å². The van der Waals surface area contributed by atoms with Crippen molar-refractivity contribution in [2.24, 2.45) is 0 Å². The van der Waals surface area contributed by atoms with Gasteiger partial charge in [0.1, 0.15) is 5.75 Å². The molecule has 2 heteroatoms. The van der Waals surface area contributed by atoms with E-state index in [1.54, 1.807) is 0 Å². The van der Waals surface area contributed by atoms with Crippen molar-refractivity contribution in [3.8, 4) is 5.75 Å². The summed E-state index contributed by atoms with van der Waals surface area (Å²) in [6.45, 7) is 7.06. The van der Waals surface area contributed by atoms with Crippen LogP contribution in [0.2, 0.25) is 0 Å². The second-order valence-electron chi connectivity index (χ2n) is 5.29. The van der Waals surface area contributed by atoms with Gasteiger partial charge in [0.15, 0.2) is 0 Å². The fourth-order valence-electron chi connectivity index (χ4n) is 2.47. The van der Waals surface area contributed by atoms with Gasteiger partial charge in [-0.05, 0) is 43.0 Å². The molecule has 106 valence electrons. The van der Waals surface area contributed by atoms with Crippen LogP contribution in [0.25, 0.3) is 0 Å². The van der Waals surface area contributed by atoms with Crippen LogP contribution in [0.3, 0.4) is 0 Å². The zero-order valence-corrected chi connectivity index (χ0v) is 12.5. The molecule has 2 aromatic rings. The van der Waals surface area contributed by atoms with Crippen molar-refractivity contribution in [1.82, 2.24) is 5.32 Å². The van der Waals surface area contributed by atoms with Crippen LogP contribution in [0, 0.1) is 6.92 Å². The number of hydrogen-bond acceptors (Lipinski definition) is 2. The molecule has 0 fully saturated rings. The molecule has 0 amide bonds. The Hall–Kier alpha value is -1.80. The fraction of sp³-hybridized carbons (Fsp3) is 0.333. The molecule has 2 nitrogen and oxygen atoms in total. The number of rotatable bonds is 5. The summed E-state index contributed by atoms with van der Waals surface area (Å²) in [5.41, 5.74) is 4.73. The first kappa shape index (κ1) is 14.6. The predicted octanol–water partition coefficient (Wildman–Crippen LogP) is 4.11. The highest BCUT2D eigenvalue weighted by atomic mass is 16.3. The first-order valence-electron chi connectivity index (χ1n) is 7.21. The minimum atomic E-state index is 0.125. The van der Waals surface area contributed by atoms with E-state index < -0.39 is 0 Å². The lowest BCUT2D eigenvalue weighted by molar-refractivity contribution is 0.452. The van der Waals surface area contributed by atoms with Crippen molar-refractivity contribution < 1.29 is 5.11 Å². The van der Waals surface area contributed by atoms with E-state index in [4.69, 9.17) is 0 Å². The van der Waals surface area contributed by atoms with Gasteiger partial charge in [0.25, 0.3) is 0 Å². The van der Waals surface area contributed by atoms with E-state index >= 15 is 0 Å². The number of phenols is 1. The first-order valence-corrected chi connectivity index (χ1v) is 7.21. The number of aryl methyl sites for hydroxylation is 2. The van der Waals surface area contributed by atoms with Gasteiger partial charge in [0.05, 0.1) is 0 Å². The van der Waals surface area contributed by atoms with Gasteiger partial charge in [-0.3, -0.25) is 0 Å². The molecule has 2 rings (SSSR count). The Bertz CT molecular complexity index is 577. The molecule has 20 heavy (non-hydrogen) atoms. The summed E-state index contributed by atoms with van der Waals surface area (Å²) in [6, 6.07) is 14.5. The highest BCUT2D eigenvalue weighted by Crippen LogP contribution is 2.25. The van der Waals surface area contributed by atoms with Crippen molar-refractivity contribution in [2.75, 3.05) is 0 Å². The van der Waals surface area contributed by atoms with Gasteiger partial charge < -0.3 is 10.4 Å². The molecule has 2 aromatic carbocycles. The van der Waals surface area contributed by atoms with Crippen LogP contribution in [0.5, 0.6) is 5.75 Å². The van der Waals surface area contributed by atoms with Gasteiger partial charge in [-0.25, -0.2) is 0 Å². The summed E-state index contributed by atoms with van der Waals surface area (Å²) >= 11 is 0. The molecule has 0 saturated heterocycles. The molecule has 0 aliphatic heterocycles. The van der Waals surface area contributed by atoms with Crippen LogP contribution in [0.15, 0.2) is 42.5 Å². The Morgan fingerprint density at radius 1 is 1.10 bits per heavy atom. The molecule has 1 atom stereocenters. The molecule has 0 heterocycles. The lowest BCUT2D eigenvalue weighted by Crippen LogP contribution is -2.19. The van der Waals surface area contributed by atoms with Gasteiger partial charge in [-0.15, -0.1) is 0 Å². The second kappa shape index (κ2) is 6.58. The van der Waals surface area contributed by atoms with Crippen molar-refractivity contribution in [3.63, 3.8) is 0 Å². The van der Waals surface area contributed by atoms with E-state index in [2.05, 4.69) is 43.4 Å². The molecular weight excluding hydrogens is 246 g/mol. The van der Waals surface area contributed by atoms with Crippen molar-refractivity contribution in [3.05, 3.63) is 64.7 Å². The van der Waals surface area contributed by atoms with E-state index in [0.717, 1.165) is 24.1 Å². The topological polar surface area (TPSA) is 32.3 Å². The molecule has 0 bridgehead atoms. The van der Waals surface area contributed by atoms with Crippen molar-refractivity contribution in [2.45, 2.75) is 39.8 Å². The molecule has 0 aliphatic rings. The zero-order chi connectivity index (χ0) is 14.5. The Labute approximate surface area is 121 Å². The fourth-order valence-corrected chi connectivity index (χ4v) is 2.47. The molecule has 2 N–H and O–H groups in total. The summed E-state index contributed by atoms with van der Waals surface area (Å²) < 4.78 is 0. The average molecular weight is 269 g/mol. The maximum atomic E-state index is 10.0. The summed E-state index contributed by atoms with van der Waals surface area (Å²) in [4.78, 5) is 0. The maximum Gasteiger partial charge on any atom is 0.120 e. The predicted molar refractivity (Wildman–Crippen MR) is 83.9 cm³/mol. The number of hydrogen-bond donors (Lipinski definition) is 2. The van der Waals surface area contributed by atoms with Crippen LogP contribution in [-0.4, -0.2) is 5.11 Å². The molecule has 0 aromatic heterocycles. The summed E-state index contributed by atoms with van der Waals surface area (Å²) in [5, 5.41) is 13.5. The molecular formula is C18H23NO. The van der Waals surface area contributed by atoms with Crippen LogP contribution in [-0.2, 0) is 13.0 Å². The van der Waals surface area contributed by atoms with E-state index in [1.807, 2.05) is 25.1 Å². The Morgan fingerprint density at radius 2 is 1.80 bits per heavy atom. The van der Waals surface area contributed by atoms with Gasteiger partial charge in [0, 0.05) is 18.2 Å². The second-order valence-corrected chi connectivity index (χ2v) is 5.29. The van der Waals surface area contributed by atoms with Gasteiger partial charge in [-0.1, -0.05) is 43.3 Å². The summed E-state index contributed by atoms with van der Waals surface area (Å²) in [6.07, 6.45) is 1.04. The maximum absolute atomic E-state index is 10.0. The zero-order valence-electron chi connectivity index (χ0n) is 12.5. The lowest BCUT2D eigenvalue weighted by Gasteiger charge is -2.17. The number of phenolic OH excluding ortho intramolecular Hbond substituents is 1. The van der Waals surface area contributed by atoms with E-state index in [0.29, 0.717) is 5.75 Å². The third-order valence-electron chi connectivity index (χ3n) is 3.75. The summed E-state index contributed by atoms with van der Waals surface area (Å²) in [5.74, 6) is 0.369. The van der Waals surface area contributed by atoms with E-state index in [9.17, 15) is 5.11 Å². The third kappa shape index (κ3) is 3.40. The van der Waals surface area contributed by atoms with Crippen LogP contribution < -0.4 is 5.32 Å². The molecule has 0 radical (unpaired) electrons. The Kier molecular flexibility index (Phi) is 4.80. The lowest BCUT2D eigenvalue weighted by atomic mass is 10.0. The van der Waals surface area contributed by atoms with Crippen LogP contribution in [0.1, 0.15) is 42.1 Å². The smallest absolute Gasteiger partial charge is 0.120 e. The quantitative estimate of drug-likeness (QED) is 0.856. The standard InChI is InChI=1S/C18H23NO/c1-4-15-7-5-6-8-16(15)12-19-14(3)17-10-9-13(2)11-18(17)20/h5-11,14,19-20H,4,12H2,1-3H3. The molecule has 0 aliphatic carbocycles. The normalized spacial score (nSPS) is 12.3. The minimum Gasteiger partial charge on any atom is -0.508 e. The van der Waals surface area contributed by atoms with Crippen molar-refractivity contribution in [1.29, 1.82) is 0 Å². The molecule has 1 unspecified atom stereocenters. The highest BCUT2D eigenvalue weighted by Gasteiger charge is 2.10. The third-order valence-corrected chi connectivity index (χ3v) is 3.75. The highest BCUT2D eigenvalue weighted by molar-refractivity contribution is 5.38. The molecule has 0 saturated carbocycles. The number of benzene rings is 2. The van der Waals surface area contributed by atoms with E-state index in [-0.39, 0.29) is 6.04 Å². The number of aromatic hydroxyl groups is 1.